The molecule has 1 unspecified atom stereocenters. The van der Waals surface area contributed by atoms with Gasteiger partial charge in [0.15, 0.2) is 0 Å². The maximum absolute atomic E-state index is 13.4. The lowest BCUT2D eigenvalue weighted by Gasteiger charge is -2.24. The first-order valence-electron chi connectivity index (χ1n) is 3.46. The second-order valence-corrected chi connectivity index (χ2v) is 2.71. The van der Waals surface area contributed by atoms with Crippen LogP contribution in [0.25, 0.3) is 0 Å². The third-order valence-corrected chi connectivity index (χ3v) is 1.74. The second-order valence-electron chi connectivity index (χ2n) is 2.71. The Labute approximate surface area is 65.7 Å². The molecular weight excluding hydrogens is 149 g/mol. The van der Waals surface area contributed by atoms with E-state index in [4.69, 9.17) is 5.73 Å². The maximum Gasteiger partial charge on any atom is 0.345 e. The molecule has 66 valence electrons. The lowest BCUT2D eigenvalue weighted by Crippen LogP contribution is -2.46. The molecule has 0 saturated heterocycles. The predicted molar refractivity (Wildman–Crippen MR) is 39.7 cm³/mol. The minimum absolute atomic E-state index is 0.336. The van der Waals surface area contributed by atoms with E-state index in [1.807, 2.05) is 0 Å². The van der Waals surface area contributed by atoms with Crippen LogP contribution < -0.4 is 5.73 Å². The molecule has 3 nitrogen and oxygen atoms in total. The van der Waals surface area contributed by atoms with Crippen molar-refractivity contribution >= 4 is 5.97 Å². The molecule has 0 saturated carbocycles. The van der Waals surface area contributed by atoms with Gasteiger partial charge in [-0.05, 0) is 5.92 Å². The number of halogens is 1. The van der Waals surface area contributed by atoms with Crippen LogP contribution in [-0.2, 0) is 9.53 Å². The number of carbonyl (C=O) groups is 1. The van der Waals surface area contributed by atoms with Crippen molar-refractivity contribution in [2.75, 3.05) is 13.7 Å². The Hall–Kier alpha value is -0.640. The van der Waals surface area contributed by atoms with Crippen LogP contribution in [0.1, 0.15) is 13.8 Å². The Morgan fingerprint density at radius 2 is 2.18 bits per heavy atom. The number of rotatable bonds is 3. The molecule has 0 fully saturated rings. The van der Waals surface area contributed by atoms with Crippen LogP contribution in [0.5, 0.6) is 0 Å². The van der Waals surface area contributed by atoms with E-state index >= 15 is 0 Å². The normalized spacial score (nSPS) is 16.2. The summed E-state index contributed by atoms with van der Waals surface area (Å²) in [4.78, 5) is 10.8. The van der Waals surface area contributed by atoms with Gasteiger partial charge >= 0.3 is 5.97 Å². The van der Waals surface area contributed by atoms with E-state index in [0.29, 0.717) is 0 Å². The fraction of sp³-hybridized carbons (Fsp3) is 0.857. The summed E-state index contributed by atoms with van der Waals surface area (Å²) in [5, 5.41) is 0. The van der Waals surface area contributed by atoms with Crippen molar-refractivity contribution in [3.05, 3.63) is 0 Å². The molecule has 0 aromatic rings. The largest absolute Gasteiger partial charge is 0.467 e. The van der Waals surface area contributed by atoms with Gasteiger partial charge in [-0.15, -0.1) is 0 Å². The first kappa shape index (κ1) is 10.4. The Morgan fingerprint density at radius 1 is 1.73 bits per heavy atom. The van der Waals surface area contributed by atoms with Gasteiger partial charge in [0.05, 0.1) is 7.11 Å². The molecule has 0 radical (unpaired) electrons. The quantitative estimate of drug-likeness (QED) is 0.616. The first-order chi connectivity index (χ1) is 4.99. The van der Waals surface area contributed by atoms with E-state index in [9.17, 15) is 9.18 Å². The zero-order valence-corrected chi connectivity index (χ0v) is 7.06. The molecular formula is C7H14FNO2. The topological polar surface area (TPSA) is 52.3 Å². The standard InChI is InChI=1S/C7H14FNO2/c1-5(2)7(8,4-9)6(10)11-3/h5H,4,9H2,1-3H3. The monoisotopic (exact) mass is 163 g/mol. The fourth-order valence-corrected chi connectivity index (χ4v) is 0.724. The summed E-state index contributed by atoms with van der Waals surface area (Å²) in [5.74, 6) is -1.35. The van der Waals surface area contributed by atoms with E-state index in [1.165, 1.54) is 0 Å². The maximum atomic E-state index is 13.4. The summed E-state index contributed by atoms with van der Waals surface area (Å²) in [7, 11) is 1.15. The van der Waals surface area contributed by atoms with Crippen molar-refractivity contribution < 1.29 is 13.9 Å². The molecule has 2 N–H and O–H groups in total. The molecule has 0 aliphatic rings. The van der Waals surface area contributed by atoms with Crippen molar-refractivity contribution in [3.63, 3.8) is 0 Å². The number of ether oxygens (including phenoxy) is 1. The number of methoxy groups -OCH3 is 1. The van der Waals surface area contributed by atoms with Gasteiger partial charge in [-0.2, -0.15) is 0 Å². The summed E-state index contributed by atoms with van der Waals surface area (Å²) >= 11 is 0. The van der Waals surface area contributed by atoms with Gasteiger partial charge < -0.3 is 10.5 Å². The van der Waals surface area contributed by atoms with Gasteiger partial charge in [0.2, 0.25) is 5.67 Å². The van der Waals surface area contributed by atoms with Crippen LogP contribution >= 0.6 is 0 Å². The van der Waals surface area contributed by atoms with Crippen molar-refractivity contribution in [3.8, 4) is 0 Å². The van der Waals surface area contributed by atoms with Gasteiger partial charge in [0, 0.05) is 6.54 Å². The molecule has 0 aliphatic heterocycles. The highest BCUT2D eigenvalue weighted by Gasteiger charge is 2.41. The number of hydrogen-bond acceptors (Lipinski definition) is 3. The fourth-order valence-electron chi connectivity index (χ4n) is 0.724. The number of hydrogen-bond donors (Lipinski definition) is 1. The summed E-state index contributed by atoms with van der Waals surface area (Å²) in [5.41, 5.74) is 3.08. The number of nitrogens with two attached hydrogens (primary N) is 1. The van der Waals surface area contributed by atoms with Gasteiger partial charge in [-0.25, -0.2) is 9.18 Å². The molecule has 0 bridgehead atoms. The number of alkyl halides is 1. The average molecular weight is 163 g/mol. The minimum atomic E-state index is -2.03. The third kappa shape index (κ3) is 1.89. The smallest absolute Gasteiger partial charge is 0.345 e. The number of esters is 1. The molecule has 0 aromatic carbocycles. The molecule has 11 heavy (non-hydrogen) atoms. The Balaban J connectivity index is 4.45. The van der Waals surface area contributed by atoms with Crippen molar-refractivity contribution in [1.29, 1.82) is 0 Å². The van der Waals surface area contributed by atoms with Crippen molar-refractivity contribution in [2.45, 2.75) is 19.5 Å². The summed E-state index contributed by atoms with van der Waals surface area (Å²) in [6.45, 7) is 2.84. The summed E-state index contributed by atoms with van der Waals surface area (Å²) < 4.78 is 17.7. The van der Waals surface area contributed by atoms with E-state index in [1.54, 1.807) is 13.8 Å². The van der Waals surface area contributed by atoms with Crippen LogP contribution in [0.15, 0.2) is 0 Å². The molecule has 0 rings (SSSR count). The molecule has 0 aromatic heterocycles. The van der Waals surface area contributed by atoms with Gasteiger partial charge in [0.1, 0.15) is 0 Å². The SMILES string of the molecule is COC(=O)C(F)(CN)C(C)C. The zero-order chi connectivity index (χ0) is 9.07. The highest BCUT2D eigenvalue weighted by Crippen LogP contribution is 2.21. The van der Waals surface area contributed by atoms with Crippen LogP contribution in [-0.4, -0.2) is 25.3 Å². The molecule has 4 heteroatoms. The average Bonchev–Trinajstić information content (AvgIpc) is 2.01. The van der Waals surface area contributed by atoms with Gasteiger partial charge in [-0.3, -0.25) is 0 Å². The first-order valence-corrected chi connectivity index (χ1v) is 3.46. The molecule has 0 spiro atoms. The second kappa shape index (κ2) is 3.67. The molecule has 1 atom stereocenters. The van der Waals surface area contributed by atoms with Crippen molar-refractivity contribution in [1.82, 2.24) is 0 Å². The van der Waals surface area contributed by atoms with Crippen LogP contribution in [0.4, 0.5) is 4.39 Å². The highest BCUT2D eigenvalue weighted by atomic mass is 19.1. The zero-order valence-electron chi connectivity index (χ0n) is 7.06. The molecule has 0 aliphatic carbocycles. The van der Waals surface area contributed by atoms with Crippen LogP contribution in [0.2, 0.25) is 0 Å². The Kier molecular flexibility index (Phi) is 3.45. The summed E-state index contributed by atoms with van der Waals surface area (Å²) in [6.07, 6.45) is 0. The third-order valence-electron chi connectivity index (χ3n) is 1.74. The van der Waals surface area contributed by atoms with Crippen LogP contribution in [0, 0.1) is 5.92 Å². The van der Waals surface area contributed by atoms with Crippen molar-refractivity contribution in [2.24, 2.45) is 11.7 Å². The van der Waals surface area contributed by atoms with E-state index in [2.05, 4.69) is 4.74 Å². The summed E-state index contributed by atoms with van der Waals surface area (Å²) in [6, 6.07) is 0. The molecule has 0 amide bonds. The number of carbonyl (C=O) groups excluding carboxylic acids is 1. The Bertz CT molecular complexity index is 149. The van der Waals surface area contributed by atoms with E-state index in [0.717, 1.165) is 7.11 Å². The van der Waals surface area contributed by atoms with Gasteiger partial charge in [0.25, 0.3) is 0 Å². The van der Waals surface area contributed by atoms with Crippen LogP contribution in [0.3, 0.4) is 0 Å². The predicted octanol–water partition coefficient (Wildman–Crippen LogP) is 0.482. The minimum Gasteiger partial charge on any atom is -0.467 e. The van der Waals surface area contributed by atoms with E-state index in [-0.39, 0.29) is 6.54 Å². The molecule has 0 heterocycles. The lowest BCUT2D eigenvalue weighted by atomic mass is 9.93. The highest BCUT2D eigenvalue weighted by molar-refractivity contribution is 5.79. The van der Waals surface area contributed by atoms with E-state index < -0.39 is 17.6 Å². The Morgan fingerprint density at radius 3 is 2.27 bits per heavy atom. The lowest BCUT2D eigenvalue weighted by molar-refractivity contribution is -0.157. The van der Waals surface area contributed by atoms with Gasteiger partial charge in [-0.1, -0.05) is 13.8 Å².